The van der Waals surface area contributed by atoms with Crippen LogP contribution >= 0.6 is 7.92 Å². The topological polar surface area (TPSA) is 89.6 Å². The SMILES string of the molecule is CCOC(=O)C(N)C=C(C#P=O)CO. The minimum absolute atomic E-state index is 0.210. The molecule has 0 bridgehead atoms. The monoisotopic (exact) mass is 217 g/mol. The standard InChI is InChI=1S/C8H12NO4P/c1-2-13-8(11)7(9)3-6(4-10)5-14-12/h3,7,10H,2,4,9H2,1H3. The molecule has 0 spiro atoms. The molecule has 1 unspecified atom stereocenters. The summed E-state index contributed by atoms with van der Waals surface area (Å²) in [4.78, 5) is 11.0. The van der Waals surface area contributed by atoms with Crippen molar-refractivity contribution in [2.75, 3.05) is 13.2 Å². The third-order valence-corrected chi connectivity index (χ3v) is 1.68. The Kier molecular flexibility index (Phi) is 7.07. The van der Waals surface area contributed by atoms with Crippen LogP contribution in [0.25, 0.3) is 0 Å². The second kappa shape index (κ2) is 7.54. The zero-order chi connectivity index (χ0) is 11.0. The van der Waals surface area contributed by atoms with Gasteiger partial charge in [-0.1, -0.05) is 0 Å². The first-order valence-electron chi connectivity index (χ1n) is 3.97. The number of hydrogen-bond acceptors (Lipinski definition) is 5. The van der Waals surface area contributed by atoms with E-state index in [1.807, 2.05) is 0 Å². The Labute approximate surface area is 83.1 Å². The van der Waals surface area contributed by atoms with Gasteiger partial charge in [-0.3, -0.25) is 0 Å². The maximum atomic E-state index is 11.0. The van der Waals surface area contributed by atoms with Crippen LogP contribution in [0.15, 0.2) is 11.6 Å². The summed E-state index contributed by atoms with van der Waals surface area (Å²) in [5.74, 6) is -0.595. The number of carbonyl (C=O) groups excluding carboxylic acids is 1. The van der Waals surface area contributed by atoms with E-state index in [0.717, 1.165) is 0 Å². The number of rotatable bonds is 4. The van der Waals surface area contributed by atoms with Crippen molar-refractivity contribution < 1.29 is 19.2 Å². The zero-order valence-electron chi connectivity index (χ0n) is 7.77. The van der Waals surface area contributed by atoms with Crippen LogP contribution in [-0.2, 0) is 14.1 Å². The molecule has 6 heteroatoms. The molecule has 0 amide bonds. The fourth-order valence-corrected chi connectivity index (χ4v) is 0.970. The normalized spacial score (nSPS) is 12.9. The van der Waals surface area contributed by atoms with Gasteiger partial charge in [0.05, 0.1) is 0 Å². The van der Waals surface area contributed by atoms with Crippen LogP contribution in [0, 0.1) is 5.63 Å². The molecule has 0 aromatic heterocycles. The summed E-state index contributed by atoms with van der Waals surface area (Å²) < 4.78 is 14.8. The van der Waals surface area contributed by atoms with E-state index in [2.05, 4.69) is 10.4 Å². The van der Waals surface area contributed by atoms with E-state index in [0.29, 0.717) is 0 Å². The molecule has 0 heterocycles. The molecule has 1 atom stereocenters. The van der Waals surface area contributed by atoms with Crippen molar-refractivity contribution >= 4 is 13.9 Å². The third-order valence-electron chi connectivity index (χ3n) is 1.30. The van der Waals surface area contributed by atoms with Crippen LogP contribution < -0.4 is 5.73 Å². The summed E-state index contributed by atoms with van der Waals surface area (Å²) in [6.07, 6.45) is 1.25. The van der Waals surface area contributed by atoms with Crippen molar-refractivity contribution in [2.45, 2.75) is 13.0 Å². The van der Waals surface area contributed by atoms with Gasteiger partial charge in [-0.15, -0.1) is 0 Å². The van der Waals surface area contributed by atoms with Crippen molar-refractivity contribution in [3.05, 3.63) is 11.6 Å². The van der Waals surface area contributed by atoms with Crippen molar-refractivity contribution in [1.29, 1.82) is 0 Å². The average Bonchev–Trinajstić information content (AvgIpc) is 2.17. The molecule has 78 valence electrons. The van der Waals surface area contributed by atoms with Gasteiger partial charge in [-0.2, -0.15) is 0 Å². The van der Waals surface area contributed by atoms with Gasteiger partial charge in [0.25, 0.3) is 0 Å². The molecule has 3 N–H and O–H groups in total. The van der Waals surface area contributed by atoms with E-state index in [1.54, 1.807) is 6.92 Å². The fourth-order valence-electron chi connectivity index (χ4n) is 0.707. The summed E-state index contributed by atoms with van der Waals surface area (Å²) in [7, 11) is -0.366. The first kappa shape index (κ1) is 13.1. The Balaban J connectivity index is 4.50. The molecule has 0 saturated carbocycles. The number of carbonyl (C=O) groups is 1. The van der Waals surface area contributed by atoms with E-state index in [-0.39, 0.29) is 26.7 Å². The van der Waals surface area contributed by atoms with Crippen molar-refractivity contribution in [2.24, 2.45) is 5.73 Å². The van der Waals surface area contributed by atoms with Crippen LogP contribution in [0.3, 0.4) is 0 Å². The Morgan fingerprint density at radius 2 is 2.43 bits per heavy atom. The molecule has 5 nitrogen and oxygen atoms in total. The summed E-state index contributed by atoms with van der Waals surface area (Å²) in [5, 5.41) is 8.74. The molecule has 0 aromatic carbocycles. The first-order chi connectivity index (χ1) is 6.65. The molecule has 0 saturated heterocycles. The Morgan fingerprint density at radius 1 is 1.79 bits per heavy atom. The molecular weight excluding hydrogens is 205 g/mol. The van der Waals surface area contributed by atoms with Gasteiger partial charge in [0.15, 0.2) is 0 Å². The number of aliphatic hydroxyl groups is 1. The van der Waals surface area contributed by atoms with Crippen molar-refractivity contribution in [3.63, 3.8) is 0 Å². The molecule has 0 aliphatic rings. The molecule has 0 aliphatic heterocycles. The molecule has 0 radical (unpaired) electrons. The number of nitrogens with two attached hydrogens (primary N) is 1. The molecule has 0 aromatic rings. The summed E-state index contributed by atoms with van der Waals surface area (Å²) in [5.41, 5.74) is 7.91. The maximum absolute atomic E-state index is 11.0. The second-order valence-corrected chi connectivity index (χ2v) is 2.74. The second-order valence-electron chi connectivity index (χ2n) is 2.33. The Morgan fingerprint density at radius 3 is 2.86 bits per heavy atom. The minimum atomic E-state index is -0.966. The fraction of sp³-hybridized carbons (Fsp3) is 0.500. The van der Waals surface area contributed by atoms with Crippen LogP contribution in [0.1, 0.15) is 6.92 Å². The van der Waals surface area contributed by atoms with Crippen LogP contribution in [0.2, 0.25) is 0 Å². The number of esters is 1. The van der Waals surface area contributed by atoms with Crippen LogP contribution in [0.4, 0.5) is 0 Å². The van der Waals surface area contributed by atoms with Gasteiger partial charge in [0, 0.05) is 0 Å². The van der Waals surface area contributed by atoms with E-state index in [9.17, 15) is 9.36 Å². The summed E-state index contributed by atoms with van der Waals surface area (Å²) in [6, 6.07) is -0.966. The Hall–Kier alpha value is -0.860. The number of hydrogen-bond donors (Lipinski definition) is 2. The van der Waals surface area contributed by atoms with E-state index in [1.165, 1.54) is 6.08 Å². The first-order valence-corrected chi connectivity index (χ1v) is 4.79. The van der Waals surface area contributed by atoms with E-state index >= 15 is 0 Å². The average molecular weight is 217 g/mol. The summed E-state index contributed by atoms with van der Waals surface area (Å²) in [6.45, 7) is 1.53. The predicted molar refractivity (Wildman–Crippen MR) is 51.3 cm³/mol. The van der Waals surface area contributed by atoms with Crippen molar-refractivity contribution in [1.82, 2.24) is 0 Å². The third kappa shape index (κ3) is 5.00. The van der Waals surface area contributed by atoms with Gasteiger partial charge in [-0.05, 0) is 0 Å². The molecular formula is C8H12NO4P. The van der Waals surface area contributed by atoms with Gasteiger partial charge < -0.3 is 0 Å². The van der Waals surface area contributed by atoms with Crippen LogP contribution in [-0.4, -0.2) is 30.3 Å². The van der Waals surface area contributed by atoms with Crippen LogP contribution in [0.5, 0.6) is 0 Å². The quantitative estimate of drug-likeness (QED) is 0.512. The predicted octanol–water partition coefficient (Wildman–Crippen LogP) is 0.0464. The van der Waals surface area contributed by atoms with Gasteiger partial charge in [-0.25, -0.2) is 0 Å². The zero-order valence-corrected chi connectivity index (χ0v) is 8.66. The molecule has 14 heavy (non-hydrogen) atoms. The van der Waals surface area contributed by atoms with E-state index in [4.69, 9.17) is 10.8 Å². The summed E-state index contributed by atoms with van der Waals surface area (Å²) >= 11 is 0. The van der Waals surface area contributed by atoms with E-state index < -0.39 is 12.0 Å². The van der Waals surface area contributed by atoms with Gasteiger partial charge in [0.2, 0.25) is 0 Å². The number of aliphatic hydroxyl groups excluding tert-OH is 1. The number of ether oxygens (including phenoxy) is 1. The molecule has 0 fully saturated rings. The van der Waals surface area contributed by atoms with Gasteiger partial charge in [0.1, 0.15) is 0 Å². The molecule has 0 aliphatic carbocycles. The van der Waals surface area contributed by atoms with Gasteiger partial charge >= 0.3 is 82.3 Å². The Bertz CT molecular complexity index is 319. The molecule has 0 rings (SSSR count). The van der Waals surface area contributed by atoms with Crippen molar-refractivity contribution in [3.8, 4) is 5.63 Å².